The van der Waals surface area contributed by atoms with E-state index >= 15 is 0 Å². The Morgan fingerprint density at radius 1 is 1.33 bits per heavy atom. The summed E-state index contributed by atoms with van der Waals surface area (Å²) in [6, 6.07) is 0. The van der Waals surface area contributed by atoms with Gasteiger partial charge in [-0.2, -0.15) is 0 Å². The summed E-state index contributed by atoms with van der Waals surface area (Å²) in [5.41, 5.74) is 5.98. The van der Waals surface area contributed by atoms with Gasteiger partial charge in [-0.05, 0) is 19.3 Å². The van der Waals surface area contributed by atoms with Gasteiger partial charge < -0.3 is 15.5 Å². The number of aromatic nitrogens is 1. The molecule has 2 heterocycles. The number of carbonyl (C=O) groups is 1. The Balaban J connectivity index is 2.08. The Morgan fingerprint density at radius 2 is 2.00 bits per heavy atom. The fourth-order valence-electron chi connectivity index (χ4n) is 2.54. The van der Waals surface area contributed by atoms with Gasteiger partial charge in [-0.3, -0.25) is 4.79 Å². The lowest BCUT2D eigenvalue weighted by molar-refractivity contribution is 0.0799. The van der Waals surface area contributed by atoms with Crippen molar-refractivity contribution >= 4 is 28.2 Å². The van der Waals surface area contributed by atoms with E-state index in [1.54, 1.807) is 4.90 Å². The van der Waals surface area contributed by atoms with E-state index < -0.39 is 0 Å². The first-order chi connectivity index (χ1) is 10.1. The van der Waals surface area contributed by atoms with E-state index in [2.05, 4.69) is 16.8 Å². The summed E-state index contributed by atoms with van der Waals surface area (Å²) >= 11 is 1.44. The first kappa shape index (κ1) is 16.1. The molecule has 2 rings (SSSR count). The number of thiazole rings is 1. The van der Waals surface area contributed by atoms with Gasteiger partial charge in [-0.1, -0.05) is 37.5 Å². The maximum Gasteiger partial charge on any atom is 0.267 e. The molecule has 1 aromatic rings. The Bertz CT molecular complexity index is 466. The van der Waals surface area contributed by atoms with Crippen LogP contribution in [0.2, 0.25) is 0 Å². The summed E-state index contributed by atoms with van der Waals surface area (Å²) in [5, 5.41) is 0.904. The van der Waals surface area contributed by atoms with Crippen molar-refractivity contribution in [1.29, 1.82) is 0 Å². The summed E-state index contributed by atoms with van der Waals surface area (Å²) in [7, 11) is 1.84. The third-order valence-corrected chi connectivity index (χ3v) is 5.03. The second-order valence-corrected chi connectivity index (χ2v) is 6.67. The molecule has 2 N–H and O–H groups in total. The third-order valence-electron chi connectivity index (χ3n) is 3.91. The number of unbranched alkanes of at least 4 members (excludes halogenated alkanes) is 1. The number of amides is 1. The zero-order valence-electron chi connectivity index (χ0n) is 13.1. The molecule has 1 saturated heterocycles. The molecule has 0 atom stereocenters. The summed E-state index contributed by atoms with van der Waals surface area (Å²) in [6.45, 7) is 4.93. The van der Waals surface area contributed by atoms with Crippen molar-refractivity contribution in [3.8, 4) is 0 Å². The average molecular weight is 310 g/mol. The Labute approximate surface area is 131 Å². The monoisotopic (exact) mass is 310 g/mol. The van der Waals surface area contributed by atoms with Gasteiger partial charge in [0.25, 0.3) is 5.91 Å². The van der Waals surface area contributed by atoms with Gasteiger partial charge in [-0.15, -0.1) is 0 Å². The average Bonchev–Trinajstić information content (AvgIpc) is 2.70. The Hall–Kier alpha value is -1.30. The molecule has 0 bridgehead atoms. The highest BCUT2D eigenvalue weighted by Gasteiger charge is 2.22. The minimum Gasteiger partial charge on any atom is -0.382 e. The summed E-state index contributed by atoms with van der Waals surface area (Å²) in [6.07, 6.45) is 7.04. The Kier molecular flexibility index (Phi) is 5.85. The van der Waals surface area contributed by atoms with Gasteiger partial charge in [-0.25, -0.2) is 4.98 Å². The van der Waals surface area contributed by atoms with Crippen molar-refractivity contribution in [3.05, 3.63) is 4.88 Å². The quantitative estimate of drug-likeness (QED) is 0.908. The van der Waals surface area contributed by atoms with Crippen LogP contribution in [0.4, 0.5) is 10.9 Å². The second kappa shape index (κ2) is 7.64. The van der Waals surface area contributed by atoms with Gasteiger partial charge in [0.1, 0.15) is 10.7 Å². The van der Waals surface area contributed by atoms with Gasteiger partial charge in [0.05, 0.1) is 0 Å². The summed E-state index contributed by atoms with van der Waals surface area (Å²) in [5.74, 6) is 0.382. The van der Waals surface area contributed by atoms with Crippen molar-refractivity contribution in [2.45, 2.75) is 45.4 Å². The number of nitrogens with two attached hydrogens (primary N) is 1. The van der Waals surface area contributed by atoms with Gasteiger partial charge in [0, 0.05) is 26.7 Å². The van der Waals surface area contributed by atoms with Crippen LogP contribution < -0.4 is 10.6 Å². The predicted molar refractivity (Wildman–Crippen MR) is 89.1 cm³/mol. The molecule has 0 aliphatic carbocycles. The number of anilines is 2. The van der Waals surface area contributed by atoms with Crippen LogP contribution in [-0.2, 0) is 0 Å². The molecule has 21 heavy (non-hydrogen) atoms. The fraction of sp³-hybridized carbons (Fsp3) is 0.733. The molecular formula is C15H26N4OS. The van der Waals surface area contributed by atoms with Crippen molar-refractivity contribution in [2.24, 2.45) is 0 Å². The molecular weight excluding hydrogens is 284 g/mol. The van der Waals surface area contributed by atoms with Gasteiger partial charge in [0.15, 0.2) is 5.13 Å². The number of hydrogen-bond donors (Lipinski definition) is 1. The van der Waals surface area contributed by atoms with Crippen LogP contribution in [0.25, 0.3) is 0 Å². The van der Waals surface area contributed by atoms with E-state index in [9.17, 15) is 4.79 Å². The zero-order valence-corrected chi connectivity index (χ0v) is 13.9. The topological polar surface area (TPSA) is 62.5 Å². The standard InChI is InChI=1S/C15H26N4OS/c1-3-4-9-18(2)14(20)12-13(16)17-15(21-12)19-10-7-5-6-8-11-19/h3-11,16H2,1-2H3. The summed E-state index contributed by atoms with van der Waals surface area (Å²) in [4.78, 5) is 21.5. The van der Waals surface area contributed by atoms with Crippen LogP contribution in [-0.4, -0.2) is 42.5 Å². The fourth-order valence-corrected chi connectivity index (χ4v) is 3.57. The molecule has 0 radical (unpaired) electrons. The number of rotatable bonds is 5. The maximum absolute atomic E-state index is 12.4. The largest absolute Gasteiger partial charge is 0.382 e. The normalized spacial score (nSPS) is 15.8. The van der Waals surface area contributed by atoms with Gasteiger partial charge in [0.2, 0.25) is 0 Å². The highest BCUT2D eigenvalue weighted by molar-refractivity contribution is 7.18. The molecule has 6 heteroatoms. The highest BCUT2D eigenvalue weighted by Crippen LogP contribution is 2.30. The molecule has 118 valence electrons. The van der Waals surface area contributed by atoms with Crippen molar-refractivity contribution in [1.82, 2.24) is 9.88 Å². The van der Waals surface area contributed by atoms with E-state index in [1.165, 1.54) is 37.0 Å². The molecule has 1 fully saturated rings. The maximum atomic E-state index is 12.4. The lowest BCUT2D eigenvalue weighted by Gasteiger charge is -2.18. The van der Waals surface area contributed by atoms with Crippen LogP contribution >= 0.6 is 11.3 Å². The minimum absolute atomic E-state index is 0.000443. The lowest BCUT2D eigenvalue weighted by Crippen LogP contribution is -2.27. The highest BCUT2D eigenvalue weighted by atomic mass is 32.1. The minimum atomic E-state index is -0.000443. The second-order valence-electron chi connectivity index (χ2n) is 5.69. The van der Waals surface area contributed by atoms with E-state index in [0.717, 1.165) is 37.6 Å². The van der Waals surface area contributed by atoms with Crippen molar-refractivity contribution in [3.63, 3.8) is 0 Å². The first-order valence-electron chi connectivity index (χ1n) is 7.90. The van der Waals surface area contributed by atoms with E-state index in [0.29, 0.717) is 10.7 Å². The lowest BCUT2D eigenvalue weighted by atomic mass is 10.2. The molecule has 0 saturated carbocycles. The smallest absolute Gasteiger partial charge is 0.267 e. The summed E-state index contributed by atoms with van der Waals surface area (Å²) < 4.78 is 0. The van der Waals surface area contributed by atoms with Crippen LogP contribution in [0.15, 0.2) is 0 Å². The van der Waals surface area contributed by atoms with Crippen LogP contribution in [0.3, 0.4) is 0 Å². The molecule has 1 aromatic heterocycles. The number of hydrogen-bond acceptors (Lipinski definition) is 5. The molecule has 1 aliphatic rings. The predicted octanol–water partition coefficient (Wildman–Crippen LogP) is 2.98. The molecule has 0 unspecified atom stereocenters. The van der Waals surface area contributed by atoms with Crippen molar-refractivity contribution in [2.75, 3.05) is 37.3 Å². The molecule has 1 aliphatic heterocycles. The number of nitrogens with zero attached hydrogens (tertiary/aromatic N) is 3. The zero-order chi connectivity index (χ0) is 15.2. The number of nitrogen functional groups attached to an aromatic ring is 1. The molecule has 5 nitrogen and oxygen atoms in total. The SMILES string of the molecule is CCCCN(C)C(=O)c1sc(N2CCCCCC2)nc1N. The van der Waals surface area contributed by atoms with E-state index in [1.807, 2.05) is 7.05 Å². The van der Waals surface area contributed by atoms with Crippen molar-refractivity contribution < 1.29 is 4.79 Å². The molecule has 0 aromatic carbocycles. The third kappa shape index (κ3) is 4.09. The first-order valence-corrected chi connectivity index (χ1v) is 8.71. The van der Waals surface area contributed by atoms with Crippen LogP contribution in [0.1, 0.15) is 55.1 Å². The van der Waals surface area contributed by atoms with E-state index in [4.69, 9.17) is 5.73 Å². The molecule has 0 spiro atoms. The Morgan fingerprint density at radius 3 is 2.62 bits per heavy atom. The van der Waals surface area contributed by atoms with Crippen LogP contribution in [0.5, 0.6) is 0 Å². The van der Waals surface area contributed by atoms with Crippen LogP contribution in [0, 0.1) is 0 Å². The molecule has 1 amide bonds. The van der Waals surface area contributed by atoms with Gasteiger partial charge >= 0.3 is 0 Å². The number of carbonyl (C=O) groups excluding carboxylic acids is 1. The van der Waals surface area contributed by atoms with E-state index in [-0.39, 0.29) is 5.91 Å².